The van der Waals surface area contributed by atoms with Crippen LogP contribution in [0.1, 0.15) is 16.8 Å². The SMILES string of the molecule is CNC(=O)CCNc1cc(C(=O)N(C)C)ccc1N. The Morgan fingerprint density at radius 2 is 2.00 bits per heavy atom. The van der Waals surface area contributed by atoms with Gasteiger partial charge in [-0.2, -0.15) is 0 Å². The minimum Gasteiger partial charge on any atom is -0.397 e. The number of nitrogens with two attached hydrogens (primary N) is 1. The highest BCUT2D eigenvalue weighted by atomic mass is 16.2. The van der Waals surface area contributed by atoms with Gasteiger partial charge < -0.3 is 21.3 Å². The van der Waals surface area contributed by atoms with E-state index in [-0.39, 0.29) is 11.8 Å². The Balaban J connectivity index is 2.75. The maximum atomic E-state index is 11.8. The lowest BCUT2D eigenvalue weighted by Crippen LogP contribution is -2.22. The first-order valence-electron chi connectivity index (χ1n) is 6.01. The molecule has 0 aromatic heterocycles. The summed E-state index contributed by atoms with van der Waals surface area (Å²) in [5.74, 6) is -0.138. The van der Waals surface area contributed by atoms with Crippen LogP contribution in [0.4, 0.5) is 11.4 Å². The number of hydrogen-bond acceptors (Lipinski definition) is 4. The van der Waals surface area contributed by atoms with Crippen molar-refractivity contribution in [3.05, 3.63) is 23.8 Å². The third-order valence-electron chi connectivity index (χ3n) is 2.65. The van der Waals surface area contributed by atoms with E-state index in [1.807, 2.05) is 0 Å². The molecule has 0 aliphatic carbocycles. The number of nitrogens with one attached hydrogen (secondary N) is 2. The largest absolute Gasteiger partial charge is 0.397 e. The van der Waals surface area contributed by atoms with Gasteiger partial charge in [0.05, 0.1) is 11.4 Å². The second-order valence-electron chi connectivity index (χ2n) is 4.35. The van der Waals surface area contributed by atoms with Gasteiger partial charge in [-0.3, -0.25) is 9.59 Å². The molecule has 0 saturated carbocycles. The summed E-state index contributed by atoms with van der Waals surface area (Å²) in [5, 5.41) is 5.60. The maximum Gasteiger partial charge on any atom is 0.253 e. The topological polar surface area (TPSA) is 87.5 Å². The number of carbonyl (C=O) groups excluding carboxylic acids is 2. The lowest BCUT2D eigenvalue weighted by Gasteiger charge is -2.13. The van der Waals surface area contributed by atoms with Gasteiger partial charge in [-0.25, -0.2) is 0 Å². The van der Waals surface area contributed by atoms with Crippen molar-refractivity contribution in [1.29, 1.82) is 0 Å². The molecule has 0 saturated heterocycles. The fourth-order valence-electron chi connectivity index (χ4n) is 1.54. The summed E-state index contributed by atoms with van der Waals surface area (Å²) in [7, 11) is 4.97. The van der Waals surface area contributed by atoms with Gasteiger partial charge in [0.25, 0.3) is 5.91 Å². The van der Waals surface area contributed by atoms with Crippen molar-refractivity contribution in [2.45, 2.75) is 6.42 Å². The van der Waals surface area contributed by atoms with Gasteiger partial charge in [0.2, 0.25) is 5.91 Å². The molecule has 0 fully saturated rings. The molecule has 1 aromatic rings. The molecular weight excluding hydrogens is 244 g/mol. The molecular formula is C13H20N4O2. The van der Waals surface area contributed by atoms with Gasteiger partial charge in [-0.15, -0.1) is 0 Å². The molecule has 0 bridgehead atoms. The molecule has 0 aliphatic heterocycles. The highest BCUT2D eigenvalue weighted by molar-refractivity contribution is 5.95. The quantitative estimate of drug-likeness (QED) is 0.677. The molecule has 2 amide bonds. The van der Waals surface area contributed by atoms with Gasteiger partial charge in [-0.1, -0.05) is 0 Å². The molecule has 1 rings (SSSR count). The number of nitrogen functional groups attached to an aromatic ring is 1. The third-order valence-corrected chi connectivity index (χ3v) is 2.65. The van der Waals surface area contributed by atoms with E-state index in [1.165, 1.54) is 4.90 Å². The summed E-state index contributed by atoms with van der Waals surface area (Å²) in [6.07, 6.45) is 0.349. The molecule has 6 heteroatoms. The van der Waals surface area contributed by atoms with Crippen LogP contribution in [0, 0.1) is 0 Å². The number of carbonyl (C=O) groups is 2. The van der Waals surface area contributed by atoms with Gasteiger partial charge in [0, 0.05) is 39.7 Å². The van der Waals surface area contributed by atoms with Crippen LogP contribution in [0.2, 0.25) is 0 Å². The van der Waals surface area contributed by atoms with Gasteiger partial charge in [0.15, 0.2) is 0 Å². The molecule has 0 atom stereocenters. The van der Waals surface area contributed by atoms with Gasteiger partial charge in [-0.05, 0) is 18.2 Å². The van der Waals surface area contributed by atoms with Crippen LogP contribution in [-0.4, -0.2) is 44.4 Å². The molecule has 4 N–H and O–H groups in total. The summed E-state index contributed by atoms with van der Waals surface area (Å²) in [5.41, 5.74) is 7.60. The molecule has 0 heterocycles. The Morgan fingerprint density at radius 3 is 2.58 bits per heavy atom. The van der Waals surface area contributed by atoms with E-state index in [0.29, 0.717) is 29.9 Å². The van der Waals surface area contributed by atoms with Crippen LogP contribution in [0.5, 0.6) is 0 Å². The lowest BCUT2D eigenvalue weighted by molar-refractivity contribution is -0.120. The van der Waals surface area contributed by atoms with E-state index < -0.39 is 0 Å². The number of anilines is 2. The van der Waals surface area contributed by atoms with E-state index in [0.717, 1.165) is 0 Å². The average Bonchev–Trinajstić information content (AvgIpc) is 2.39. The van der Waals surface area contributed by atoms with Crippen molar-refractivity contribution in [3.63, 3.8) is 0 Å². The maximum absolute atomic E-state index is 11.8. The zero-order valence-corrected chi connectivity index (χ0v) is 11.5. The van der Waals surface area contributed by atoms with Crippen molar-refractivity contribution in [2.75, 3.05) is 38.7 Å². The van der Waals surface area contributed by atoms with Crippen LogP contribution in [0.15, 0.2) is 18.2 Å². The van der Waals surface area contributed by atoms with Gasteiger partial charge in [0.1, 0.15) is 0 Å². The molecule has 0 radical (unpaired) electrons. The summed E-state index contributed by atoms with van der Waals surface area (Å²) in [6, 6.07) is 5.06. The summed E-state index contributed by atoms with van der Waals surface area (Å²) in [4.78, 5) is 24.4. The molecule has 6 nitrogen and oxygen atoms in total. The molecule has 0 unspecified atom stereocenters. The van der Waals surface area contributed by atoms with Crippen LogP contribution in [0.3, 0.4) is 0 Å². The monoisotopic (exact) mass is 264 g/mol. The number of rotatable bonds is 5. The number of nitrogens with zero attached hydrogens (tertiary/aromatic N) is 1. The third kappa shape index (κ3) is 4.17. The Kier molecular flexibility index (Phi) is 5.17. The van der Waals surface area contributed by atoms with Crippen molar-refractivity contribution in [2.24, 2.45) is 0 Å². The second kappa shape index (κ2) is 6.63. The van der Waals surface area contributed by atoms with Crippen molar-refractivity contribution in [1.82, 2.24) is 10.2 Å². The smallest absolute Gasteiger partial charge is 0.253 e. The molecule has 104 valence electrons. The predicted octanol–water partition coefficient (Wildman–Crippen LogP) is 0.519. The zero-order chi connectivity index (χ0) is 14.4. The Bertz CT molecular complexity index is 472. The molecule has 1 aromatic carbocycles. The van der Waals surface area contributed by atoms with Crippen molar-refractivity contribution in [3.8, 4) is 0 Å². The average molecular weight is 264 g/mol. The van der Waals surface area contributed by atoms with Crippen LogP contribution < -0.4 is 16.4 Å². The van der Waals surface area contributed by atoms with Crippen LogP contribution in [0.25, 0.3) is 0 Å². The second-order valence-corrected chi connectivity index (χ2v) is 4.35. The lowest BCUT2D eigenvalue weighted by atomic mass is 10.1. The minimum absolute atomic E-state index is 0.0495. The highest BCUT2D eigenvalue weighted by Crippen LogP contribution is 2.20. The summed E-state index contributed by atoms with van der Waals surface area (Å²) < 4.78 is 0. The predicted molar refractivity (Wildman–Crippen MR) is 76.0 cm³/mol. The van der Waals surface area contributed by atoms with E-state index in [9.17, 15) is 9.59 Å². The van der Waals surface area contributed by atoms with E-state index in [2.05, 4.69) is 10.6 Å². The molecule has 19 heavy (non-hydrogen) atoms. The van der Waals surface area contributed by atoms with Crippen molar-refractivity contribution < 1.29 is 9.59 Å². The van der Waals surface area contributed by atoms with Crippen LogP contribution >= 0.6 is 0 Å². The first-order chi connectivity index (χ1) is 8.95. The highest BCUT2D eigenvalue weighted by Gasteiger charge is 2.10. The number of amides is 2. The summed E-state index contributed by atoms with van der Waals surface area (Å²) in [6.45, 7) is 0.462. The molecule has 0 spiro atoms. The first-order valence-corrected chi connectivity index (χ1v) is 6.01. The normalized spacial score (nSPS) is 9.84. The Hall–Kier alpha value is -2.24. The van der Waals surface area contributed by atoms with Gasteiger partial charge >= 0.3 is 0 Å². The number of hydrogen-bond donors (Lipinski definition) is 3. The van der Waals surface area contributed by atoms with E-state index in [4.69, 9.17) is 5.73 Å². The standard InChI is InChI=1S/C13H20N4O2/c1-15-12(18)6-7-16-11-8-9(4-5-10(11)14)13(19)17(2)3/h4-5,8,16H,6-7,14H2,1-3H3,(H,15,18). The Morgan fingerprint density at radius 1 is 1.32 bits per heavy atom. The first kappa shape index (κ1) is 14.8. The Labute approximate surface area is 113 Å². The fourth-order valence-corrected chi connectivity index (χ4v) is 1.54. The van der Waals surface area contributed by atoms with Crippen molar-refractivity contribution >= 4 is 23.2 Å². The molecule has 0 aliphatic rings. The van der Waals surface area contributed by atoms with Crippen LogP contribution in [-0.2, 0) is 4.79 Å². The number of benzene rings is 1. The minimum atomic E-state index is -0.0886. The van der Waals surface area contributed by atoms with E-state index in [1.54, 1.807) is 39.3 Å². The fraction of sp³-hybridized carbons (Fsp3) is 0.385. The van der Waals surface area contributed by atoms with E-state index >= 15 is 0 Å². The summed E-state index contributed by atoms with van der Waals surface area (Å²) >= 11 is 0. The zero-order valence-electron chi connectivity index (χ0n) is 11.5.